The lowest BCUT2D eigenvalue weighted by Gasteiger charge is -2.10. The first kappa shape index (κ1) is 21.2. The number of carbonyl (C=O) groups is 2. The van der Waals surface area contributed by atoms with Crippen LogP contribution in [0.4, 0.5) is 5.69 Å². The maximum Gasteiger partial charge on any atom is 0.337 e. The smallest absolute Gasteiger partial charge is 0.337 e. The zero-order valence-electron chi connectivity index (χ0n) is 17.4. The summed E-state index contributed by atoms with van der Waals surface area (Å²) >= 11 is 7.43. The number of nitrogens with one attached hydrogen (secondary N) is 1. The van der Waals surface area contributed by atoms with Crippen LogP contribution >= 0.6 is 23.4 Å². The molecule has 5 aromatic rings. The average molecular weight is 477 g/mol. The number of amides is 1. The van der Waals surface area contributed by atoms with Crippen LogP contribution in [0.2, 0.25) is 5.02 Å². The van der Waals surface area contributed by atoms with E-state index in [1.165, 1.54) is 18.9 Å². The molecule has 0 aliphatic carbocycles. The topological polar surface area (TPSA) is 85.6 Å². The molecule has 0 aliphatic rings. The van der Waals surface area contributed by atoms with Gasteiger partial charge in [-0.3, -0.25) is 9.20 Å². The van der Waals surface area contributed by atoms with Crippen LogP contribution in [-0.4, -0.2) is 39.1 Å². The van der Waals surface area contributed by atoms with E-state index in [9.17, 15) is 9.59 Å². The van der Waals surface area contributed by atoms with Crippen LogP contribution in [0, 0.1) is 0 Å². The van der Waals surface area contributed by atoms with Crippen LogP contribution in [0.25, 0.3) is 27.6 Å². The molecular weight excluding hydrogens is 460 g/mol. The van der Waals surface area contributed by atoms with Crippen LogP contribution in [-0.2, 0) is 9.53 Å². The lowest BCUT2D eigenvalue weighted by atomic mass is 10.1. The maximum atomic E-state index is 12.6. The van der Waals surface area contributed by atoms with Crippen LogP contribution in [0.5, 0.6) is 0 Å². The molecule has 0 aliphatic heterocycles. The lowest BCUT2D eigenvalue weighted by Crippen LogP contribution is -2.15. The molecule has 9 heteroatoms. The number of aromatic nitrogens is 3. The second-order valence-electron chi connectivity index (χ2n) is 7.19. The Hall–Kier alpha value is -3.62. The van der Waals surface area contributed by atoms with E-state index < -0.39 is 5.97 Å². The molecule has 0 saturated carbocycles. The van der Waals surface area contributed by atoms with Gasteiger partial charge in [0.1, 0.15) is 5.65 Å². The minimum absolute atomic E-state index is 0.113. The second kappa shape index (κ2) is 8.73. The highest BCUT2D eigenvalue weighted by Crippen LogP contribution is 2.30. The zero-order valence-corrected chi connectivity index (χ0v) is 19.0. The number of halogens is 1. The SMILES string of the molecule is COC(=O)c1ccc2c(c1)nc(SCC(=O)Nc1ccccc1Cl)n1c3ccccc3nc21. The molecule has 3 aromatic carbocycles. The van der Waals surface area contributed by atoms with Crippen LogP contribution < -0.4 is 5.32 Å². The van der Waals surface area contributed by atoms with Gasteiger partial charge in [-0.15, -0.1) is 0 Å². The Bertz CT molecular complexity index is 1550. The van der Waals surface area contributed by atoms with Crippen molar-refractivity contribution in [1.29, 1.82) is 0 Å². The second-order valence-corrected chi connectivity index (χ2v) is 8.54. The number of thioether (sulfide) groups is 1. The predicted octanol–water partition coefficient (Wildman–Crippen LogP) is 5.21. The lowest BCUT2D eigenvalue weighted by molar-refractivity contribution is -0.113. The number of rotatable bonds is 5. The normalized spacial score (nSPS) is 11.2. The molecule has 0 unspecified atom stereocenters. The summed E-state index contributed by atoms with van der Waals surface area (Å²) in [4.78, 5) is 34.2. The predicted molar refractivity (Wildman–Crippen MR) is 130 cm³/mol. The maximum absolute atomic E-state index is 12.6. The standard InChI is InChI=1S/C24H17ClN4O3S/c1-32-23(31)14-10-11-15-19(12-14)28-24(29-20-9-5-4-8-18(20)27-22(15)29)33-13-21(30)26-17-7-3-2-6-16(17)25/h2-12H,13H2,1H3,(H,26,30). The minimum Gasteiger partial charge on any atom is -0.465 e. The number of hydrogen-bond acceptors (Lipinski definition) is 6. The number of ether oxygens (including phenoxy) is 1. The molecular formula is C24H17ClN4O3S. The fraction of sp³-hybridized carbons (Fsp3) is 0.0833. The first-order valence-electron chi connectivity index (χ1n) is 10.0. The number of esters is 1. The molecule has 164 valence electrons. The van der Waals surface area contributed by atoms with Gasteiger partial charge in [0.25, 0.3) is 0 Å². The Labute approximate surface area is 197 Å². The number of fused-ring (bicyclic) bond motifs is 5. The van der Waals surface area contributed by atoms with Crippen LogP contribution in [0.3, 0.4) is 0 Å². The molecule has 2 aromatic heterocycles. The quantitative estimate of drug-likeness (QED) is 0.213. The zero-order chi connectivity index (χ0) is 22.9. The molecule has 1 amide bonds. The van der Waals surface area contributed by atoms with Crippen molar-refractivity contribution in [2.75, 3.05) is 18.2 Å². The molecule has 7 nitrogen and oxygen atoms in total. The first-order chi connectivity index (χ1) is 16.0. The van der Waals surface area contributed by atoms with E-state index in [-0.39, 0.29) is 11.7 Å². The molecule has 1 N–H and O–H groups in total. The number of para-hydroxylation sites is 3. The third-order valence-corrected chi connectivity index (χ3v) is 6.38. The molecule has 0 bridgehead atoms. The van der Waals surface area contributed by atoms with Gasteiger partial charge in [0, 0.05) is 5.39 Å². The average Bonchev–Trinajstić information content (AvgIpc) is 3.23. The van der Waals surface area contributed by atoms with E-state index in [1.54, 1.807) is 36.4 Å². The van der Waals surface area contributed by atoms with E-state index in [1.807, 2.05) is 34.7 Å². The third-order valence-electron chi connectivity index (χ3n) is 5.11. The van der Waals surface area contributed by atoms with E-state index in [4.69, 9.17) is 26.3 Å². The Kier molecular flexibility index (Phi) is 5.62. The van der Waals surface area contributed by atoms with Gasteiger partial charge in [-0.25, -0.2) is 14.8 Å². The summed E-state index contributed by atoms with van der Waals surface area (Å²) in [7, 11) is 1.34. The summed E-state index contributed by atoms with van der Waals surface area (Å²) in [5, 5.41) is 4.67. The molecule has 0 fully saturated rings. The fourth-order valence-corrected chi connectivity index (χ4v) is 4.58. The molecule has 0 atom stereocenters. The Morgan fingerprint density at radius 1 is 1.03 bits per heavy atom. The van der Waals surface area contributed by atoms with Gasteiger partial charge in [0.05, 0.1) is 45.7 Å². The van der Waals surface area contributed by atoms with Crippen molar-refractivity contribution < 1.29 is 14.3 Å². The van der Waals surface area contributed by atoms with Gasteiger partial charge < -0.3 is 10.1 Å². The Morgan fingerprint density at radius 2 is 1.82 bits per heavy atom. The Balaban J connectivity index is 1.57. The van der Waals surface area contributed by atoms with Crippen LogP contribution in [0.15, 0.2) is 71.9 Å². The Morgan fingerprint density at radius 3 is 2.64 bits per heavy atom. The van der Waals surface area contributed by atoms with E-state index in [2.05, 4.69) is 5.32 Å². The number of hydrogen-bond donors (Lipinski definition) is 1. The molecule has 5 rings (SSSR count). The van der Waals surface area contributed by atoms with Gasteiger partial charge >= 0.3 is 5.97 Å². The van der Waals surface area contributed by atoms with Gasteiger partial charge in [-0.2, -0.15) is 0 Å². The highest BCUT2D eigenvalue weighted by Gasteiger charge is 2.17. The highest BCUT2D eigenvalue weighted by atomic mass is 35.5. The number of benzene rings is 3. The van der Waals surface area contributed by atoms with Gasteiger partial charge in [-0.1, -0.05) is 47.6 Å². The summed E-state index contributed by atoms with van der Waals surface area (Å²) in [5.41, 5.74) is 3.93. The number of nitrogens with zero attached hydrogens (tertiary/aromatic N) is 3. The van der Waals surface area contributed by atoms with Crippen LogP contribution in [0.1, 0.15) is 10.4 Å². The molecule has 0 radical (unpaired) electrons. The van der Waals surface area contributed by atoms with Crippen molar-refractivity contribution in [1.82, 2.24) is 14.4 Å². The molecule has 33 heavy (non-hydrogen) atoms. The summed E-state index contributed by atoms with van der Waals surface area (Å²) in [6, 6.07) is 20.0. The molecule has 2 heterocycles. The minimum atomic E-state index is -0.444. The van der Waals surface area contributed by atoms with Crippen molar-refractivity contribution in [2.24, 2.45) is 0 Å². The van der Waals surface area contributed by atoms with Crippen molar-refractivity contribution in [2.45, 2.75) is 5.16 Å². The third kappa shape index (κ3) is 3.99. The number of imidazole rings is 1. The van der Waals surface area contributed by atoms with Gasteiger partial charge in [0.15, 0.2) is 5.16 Å². The van der Waals surface area contributed by atoms with E-state index >= 15 is 0 Å². The number of anilines is 1. The van der Waals surface area contributed by atoms with Crippen molar-refractivity contribution in [3.05, 3.63) is 77.3 Å². The summed E-state index contributed by atoms with van der Waals surface area (Å²) < 4.78 is 6.77. The highest BCUT2D eigenvalue weighted by molar-refractivity contribution is 7.99. The van der Waals surface area contributed by atoms with Crippen molar-refractivity contribution in [3.63, 3.8) is 0 Å². The van der Waals surface area contributed by atoms with E-state index in [0.717, 1.165) is 16.4 Å². The van der Waals surface area contributed by atoms with Crippen molar-refractivity contribution in [3.8, 4) is 0 Å². The molecule has 0 spiro atoms. The van der Waals surface area contributed by atoms with Crippen molar-refractivity contribution >= 4 is 68.5 Å². The molecule has 0 saturated heterocycles. The summed E-state index contributed by atoms with van der Waals surface area (Å²) in [6.07, 6.45) is 0. The number of carbonyl (C=O) groups excluding carboxylic acids is 2. The summed E-state index contributed by atoms with van der Waals surface area (Å²) in [5.74, 6) is -0.543. The number of methoxy groups -OCH3 is 1. The monoisotopic (exact) mass is 476 g/mol. The van der Waals surface area contributed by atoms with E-state index in [0.29, 0.717) is 32.6 Å². The summed E-state index contributed by atoms with van der Waals surface area (Å²) in [6.45, 7) is 0. The van der Waals surface area contributed by atoms with Gasteiger partial charge in [0.2, 0.25) is 5.91 Å². The fourth-order valence-electron chi connectivity index (χ4n) is 3.59. The largest absolute Gasteiger partial charge is 0.465 e. The first-order valence-corrected chi connectivity index (χ1v) is 11.4. The van der Waals surface area contributed by atoms with Gasteiger partial charge in [-0.05, 0) is 42.5 Å².